The maximum atomic E-state index is 2.59. The minimum absolute atomic E-state index is 0. The number of hydrogen-bond acceptors (Lipinski definition) is 0. The molecule has 1 atom stereocenters. The monoisotopic (exact) mass is 677 g/mol. The highest BCUT2D eigenvalue weighted by atomic mass is 35.5. The van der Waals surface area contributed by atoms with Gasteiger partial charge in [-0.05, 0) is 38.7 Å². The third kappa shape index (κ3) is 22.7. The Morgan fingerprint density at radius 2 is 0.745 bits per heavy atom. The number of nitrogens with zero attached hydrogens (tertiary/aromatic N) is 1. The van der Waals surface area contributed by atoms with Gasteiger partial charge in [-0.15, -0.1) is 12.4 Å². The van der Waals surface area contributed by atoms with Crippen LogP contribution in [0.15, 0.2) is 24.3 Å². The summed E-state index contributed by atoms with van der Waals surface area (Å²) in [7, 11) is 5.06. The van der Waals surface area contributed by atoms with Gasteiger partial charge in [0.2, 0.25) is 0 Å². The third-order valence-corrected chi connectivity index (χ3v) is 11.6. The van der Waals surface area contributed by atoms with Crippen molar-refractivity contribution in [2.45, 2.75) is 232 Å². The second-order valence-electron chi connectivity index (χ2n) is 16.1. The largest absolute Gasteiger partial charge is 0.320 e. The molecule has 0 saturated carbocycles. The molecule has 0 spiro atoms. The third-order valence-electron chi connectivity index (χ3n) is 11.6. The topological polar surface area (TPSA) is 0 Å². The van der Waals surface area contributed by atoms with E-state index in [-0.39, 0.29) is 17.9 Å². The number of unbranched alkanes of at least 4 members (excludes halogenated alkanes) is 28. The molecule has 0 aliphatic heterocycles. The Morgan fingerprint density at radius 3 is 1.09 bits per heavy atom. The van der Waals surface area contributed by atoms with Crippen LogP contribution in [-0.4, -0.2) is 25.1 Å². The van der Waals surface area contributed by atoms with Crippen LogP contribution in [0.25, 0.3) is 0 Å². The van der Waals surface area contributed by atoms with Crippen LogP contribution < -0.4 is 0 Å². The minimum Gasteiger partial charge on any atom is -0.320 e. The van der Waals surface area contributed by atoms with Crippen molar-refractivity contribution in [3.05, 3.63) is 35.4 Å². The molecule has 0 heterocycles. The van der Waals surface area contributed by atoms with Crippen molar-refractivity contribution in [1.82, 2.24) is 0 Å². The number of rotatable bonds is 34. The zero-order chi connectivity index (χ0) is 33.6. The van der Waals surface area contributed by atoms with Crippen molar-refractivity contribution in [2.24, 2.45) is 0 Å². The minimum atomic E-state index is 0. The fraction of sp³-hybridized carbons (Fsp3) is 0.867. The molecule has 0 saturated heterocycles. The Hall–Kier alpha value is -0.530. The van der Waals surface area contributed by atoms with Gasteiger partial charge in [-0.1, -0.05) is 211 Å². The van der Waals surface area contributed by atoms with Crippen LogP contribution in [0.3, 0.4) is 0 Å². The summed E-state index contributed by atoms with van der Waals surface area (Å²) in [4.78, 5) is 0. The molecule has 0 aromatic heterocycles. The molecule has 0 bridgehead atoms. The first-order chi connectivity index (χ1) is 22.4. The average molecular weight is 678 g/mol. The van der Waals surface area contributed by atoms with Gasteiger partial charge in [0.25, 0.3) is 0 Å². The highest BCUT2D eigenvalue weighted by Crippen LogP contribution is 2.39. The summed E-state index contributed by atoms with van der Waals surface area (Å²) in [5, 5.41) is 0. The zero-order valence-corrected chi connectivity index (χ0v) is 34.1. The molecule has 1 aromatic rings. The molecular formula is C45H87ClN+. The summed E-state index contributed by atoms with van der Waals surface area (Å²) < 4.78 is 1.12. The second kappa shape index (κ2) is 31.5. The molecule has 1 nitrogen and oxygen atoms in total. The predicted molar refractivity (Wildman–Crippen MR) is 217 cm³/mol. The van der Waals surface area contributed by atoms with Gasteiger partial charge >= 0.3 is 0 Å². The smallest absolute Gasteiger partial charge is 0.122 e. The maximum absolute atomic E-state index is 2.59. The Kier molecular flexibility index (Phi) is 31.1. The molecule has 1 aromatic carbocycles. The van der Waals surface area contributed by atoms with Crippen LogP contribution in [0.2, 0.25) is 0 Å². The van der Waals surface area contributed by atoms with E-state index in [1.54, 1.807) is 5.56 Å². The molecule has 0 radical (unpaired) electrons. The summed E-state index contributed by atoms with van der Waals surface area (Å²) in [6.07, 6.45) is 44.5. The van der Waals surface area contributed by atoms with E-state index in [1.165, 1.54) is 211 Å². The molecule has 2 heteroatoms. The van der Waals surface area contributed by atoms with E-state index in [9.17, 15) is 0 Å². The molecule has 1 rings (SSSR count). The fourth-order valence-corrected chi connectivity index (χ4v) is 7.91. The van der Waals surface area contributed by atoms with E-state index >= 15 is 0 Å². The van der Waals surface area contributed by atoms with Crippen molar-refractivity contribution in [3.8, 4) is 0 Å². The number of quaternary nitrogens is 1. The number of aryl methyl sites for hydroxylation is 1. The summed E-state index contributed by atoms with van der Waals surface area (Å²) in [6.45, 7) is 10.8. The molecule has 0 fully saturated rings. The maximum Gasteiger partial charge on any atom is 0.122 e. The van der Waals surface area contributed by atoms with Crippen molar-refractivity contribution in [1.29, 1.82) is 0 Å². The lowest BCUT2D eigenvalue weighted by atomic mass is 9.80. The molecule has 0 N–H and O–H groups in total. The first-order valence-electron chi connectivity index (χ1n) is 21.3. The quantitative estimate of drug-likeness (QED) is 0.0503. The second-order valence-corrected chi connectivity index (χ2v) is 16.1. The molecular weight excluding hydrogens is 590 g/mol. The van der Waals surface area contributed by atoms with Crippen molar-refractivity contribution in [2.75, 3.05) is 20.6 Å². The van der Waals surface area contributed by atoms with E-state index in [1.807, 2.05) is 0 Å². The van der Waals surface area contributed by atoms with E-state index in [4.69, 9.17) is 0 Å². The van der Waals surface area contributed by atoms with Crippen LogP contribution in [0, 0.1) is 6.92 Å². The Bertz CT molecular complexity index is 788. The van der Waals surface area contributed by atoms with Crippen LogP contribution in [0.4, 0.5) is 0 Å². The molecule has 1 unspecified atom stereocenters. The number of hydrogen-bond donors (Lipinski definition) is 0. The molecule has 0 amide bonds. The van der Waals surface area contributed by atoms with Crippen molar-refractivity contribution < 1.29 is 4.48 Å². The van der Waals surface area contributed by atoms with Crippen molar-refractivity contribution >= 4 is 12.4 Å². The number of benzene rings is 1. The average Bonchev–Trinajstić information content (AvgIpc) is 3.04. The van der Waals surface area contributed by atoms with Gasteiger partial charge in [0.15, 0.2) is 0 Å². The van der Waals surface area contributed by atoms with Gasteiger partial charge in [0.05, 0.1) is 20.6 Å². The summed E-state index contributed by atoms with van der Waals surface area (Å²) in [6, 6.07) is 9.28. The summed E-state index contributed by atoms with van der Waals surface area (Å²) >= 11 is 0. The fourth-order valence-electron chi connectivity index (χ4n) is 7.91. The number of halogens is 1. The summed E-state index contributed by atoms with van der Waals surface area (Å²) in [5.41, 5.74) is 3.26. The normalized spacial score (nSPS) is 13.1. The lowest BCUT2D eigenvalue weighted by Gasteiger charge is -2.48. The highest BCUT2D eigenvalue weighted by molar-refractivity contribution is 5.85. The Morgan fingerprint density at radius 1 is 0.447 bits per heavy atom. The van der Waals surface area contributed by atoms with Gasteiger partial charge in [0, 0.05) is 12.0 Å². The van der Waals surface area contributed by atoms with Gasteiger partial charge in [0.1, 0.15) is 5.54 Å². The van der Waals surface area contributed by atoms with E-state index < -0.39 is 0 Å². The first-order valence-corrected chi connectivity index (χ1v) is 21.3. The predicted octanol–water partition coefficient (Wildman–Crippen LogP) is 15.8. The van der Waals surface area contributed by atoms with Gasteiger partial charge in [-0.25, -0.2) is 0 Å². The van der Waals surface area contributed by atoms with Gasteiger partial charge in [-0.2, -0.15) is 0 Å². The van der Waals surface area contributed by atoms with Gasteiger partial charge < -0.3 is 4.48 Å². The lowest BCUT2D eigenvalue weighted by Crippen LogP contribution is -2.56. The first kappa shape index (κ1) is 46.5. The van der Waals surface area contributed by atoms with Gasteiger partial charge in [-0.3, -0.25) is 0 Å². The van der Waals surface area contributed by atoms with Crippen LogP contribution in [0.1, 0.15) is 231 Å². The molecule has 0 aliphatic carbocycles. The van der Waals surface area contributed by atoms with E-state index in [2.05, 4.69) is 66.1 Å². The molecule has 47 heavy (non-hydrogen) atoms. The molecule has 0 aliphatic rings. The van der Waals surface area contributed by atoms with Crippen LogP contribution >= 0.6 is 12.4 Å². The SMILES string of the molecule is CCCCCCCCCCCCCCCCCCC(C)(c1ccccc1C)[N+](C)(C)CCCCCCCCCCCCCCCC.Cl. The lowest BCUT2D eigenvalue weighted by molar-refractivity contribution is -0.948. The summed E-state index contributed by atoms with van der Waals surface area (Å²) in [5.74, 6) is 0. The Labute approximate surface area is 304 Å². The van der Waals surface area contributed by atoms with E-state index in [0.717, 1.165) is 4.48 Å². The standard InChI is InChI=1S/C45H86N.ClH/c1-7-9-11-13-15-17-19-21-23-24-25-27-29-31-33-37-41-45(4,44-40-36-35-39-43(44)3)46(5,6)42-38-34-32-30-28-26-22-20-18-16-14-12-10-8-2;/h35-36,39-40H,7-34,37-38,41-42H2,1-6H3;1H/q+1;. The van der Waals surface area contributed by atoms with E-state index in [0.29, 0.717) is 0 Å². The van der Waals surface area contributed by atoms with Crippen LogP contribution in [-0.2, 0) is 5.54 Å². The molecule has 278 valence electrons. The Balaban J connectivity index is 0.0000212. The van der Waals surface area contributed by atoms with Crippen molar-refractivity contribution in [3.63, 3.8) is 0 Å². The zero-order valence-electron chi connectivity index (χ0n) is 33.3. The highest BCUT2D eigenvalue weighted by Gasteiger charge is 2.42. The van der Waals surface area contributed by atoms with Crippen LogP contribution in [0.5, 0.6) is 0 Å².